The fourth-order valence-corrected chi connectivity index (χ4v) is 1.90. The van der Waals surface area contributed by atoms with Crippen molar-refractivity contribution in [3.8, 4) is 12.1 Å². The molecular formula is C9H6F4N4S. The van der Waals surface area contributed by atoms with Gasteiger partial charge in [-0.3, -0.25) is 0 Å². The van der Waals surface area contributed by atoms with Gasteiger partial charge in [0.25, 0.3) is 0 Å². The maximum absolute atomic E-state index is 12.7. The predicted octanol–water partition coefficient (Wildman–Crippen LogP) is 2.39. The van der Waals surface area contributed by atoms with Gasteiger partial charge >= 0.3 is 12.3 Å². The Balaban J connectivity index is 2.94. The Labute approximate surface area is 103 Å². The summed E-state index contributed by atoms with van der Waals surface area (Å²) in [5.41, 5.74) is 5.08. The van der Waals surface area contributed by atoms with Crippen LogP contribution in [-0.4, -0.2) is 18.9 Å². The van der Waals surface area contributed by atoms with E-state index in [9.17, 15) is 17.6 Å². The lowest BCUT2D eigenvalue weighted by Crippen LogP contribution is -2.34. The van der Waals surface area contributed by atoms with Crippen molar-refractivity contribution in [2.24, 2.45) is 0 Å². The highest BCUT2D eigenvalue weighted by Gasteiger charge is 2.40. The smallest absolute Gasteiger partial charge is 0.324 e. The molecule has 96 valence electrons. The van der Waals surface area contributed by atoms with Crippen LogP contribution in [0.4, 0.5) is 28.3 Å². The first-order chi connectivity index (χ1) is 8.33. The Morgan fingerprint density at radius 3 is 2.39 bits per heavy atom. The summed E-state index contributed by atoms with van der Waals surface area (Å²) in [5.74, 6) is -4.22. The van der Waals surface area contributed by atoms with Gasteiger partial charge < -0.3 is 11.1 Å². The zero-order valence-corrected chi connectivity index (χ0v) is 9.49. The van der Waals surface area contributed by atoms with Gasteiger partial charge in [-0.05, 0) is 0 Å². The van der Waals surface area contributed by atoms with Gasteiger partial charge in [-0.1, -0.05) is 0 Å². The second-order valence-corrected chi connectivity index (χ2v) is 4.21. The van der Waals surface area contributed by atoms with Crippen molar-refractivity contribution in [1.29, 1.82) is 10.5 Å². The third kappa shape index (κ3) is 2.63. The number of halogens is 4. The zero-order valence-electron chi connectivity index (χ0n) is 8.68. The highest BCUT2D eigenvalue weighted by Crippen LogP contribution is 2.35. The average molecular weight is 278 g/mol. The number of rotatable bonds is 4. The number of hydrogen-bond acceptors (Lipinski definition) is 5. The molecule has 0 aromatic carbocycles. The maximum atomic E-state index is 12.7. The molecule has 0 amide bonds. The molecule has 1 heterocycles. The lowest BCUT2D eigenvalue weighted by atomic mass is 10.2. The van der Waals surface area contributed by atoms with Crippen LogP contribution in [0.15, 0.2) is 0 Å². The van der Waals surface area contributed by atoms with E-state index in [1.807, 2.05) is 5.32 Å². The van der Waals surface area contributed by atoms with Crippen LogP contribution in [0.25, 0.3) is 0 Å². The number of nitriles is 2. The quantitative estimate of drug-likeness (QED) is 0.828. The van der Waals surface area contributed by atoms with Crippen LogP contribution in [0.2, 0.25) is 0 Å². The molecule has 18 heavy (non-hydrogen) atoms. The van der Waals surface area contributed by atoms with Crippen LogP contribution in [0.1, 0.15) is 10.4 Å². The number of nitrogens with two attached hydrogens (primary N) is 1. The summed E-state index contributed by atoms with van der Waals surface area (Å²) < 4.78 is 49.2. The molecule has 1 aromatic rings. The molecule has 3 N–H and O–H groups in total. The van der Waals surface area contributed by atoms with Gasteiger partial charge in [-0.15, -0.1) is 11.3 Å². The van der Waals surface area contributed by atoms with Crippen LogP contribution >= 0.6 is 11.3 Å². The molecular weight excluding hydrogens is 272 g/mol. The fourth-order valence-electron chi connectivity index (χ4n) is 1.04. The number of nitrogen functional groups attached to an aromatic ring is 1. The monoisotopic (exact) mass is 278 g/mol. The van der Waals surface area contributed by atoms with Crippen LogP contribution in [0.5, 0.6) is 0 Å². The molecule has 0 saturated carbocycles. The Kier molecular flexibility index (Phi) is 3.99. The number of thiophene rings is 1. The van der Waals surface area contributed by atoms with Gasteiger partial charge in [0.05, 0.1) is 12.2 Å². The molecule has 0 spiro atoms. The summed E-state index contributed by atoms with van der Waals surface area (Å²) in [6.07, 6.45) is -3.82. The average Bonchev–Trinajstić information content (AvgIpc) is 2.62. The van der Waals surface area contributed by atoms with E-state index in [4.69, 9.17) is 16.3 Å². The molecule has 0 radical (unpaired) electrons. The van der Waals surface area contributed by atoms with Crippen LogP contribution in [0, 0.1) is 22.7 Å². The topological polar surface area (TPSA) is 85.6 Å². The minimum Gasteiger partial charge on any atom is -0.396 e. The molecule has 0 atom stereocenters. The molecule has 0 unspecified atom stereocenters. The van der Waals surface area contributed by atoms with E-state index in [1.54, 1.807) is 12.1 Å². The van der Waals surface area contributed by atoms with Gasteiger partial charge in [-0.2, -0.15) is 19.3 Å². The van der Waals surface area contributed by atoms with Crippen molar-refractivity contribution < 1.29 is 17.6 Å². The van der Waals surface area contributed by atoms with Crippen molar-refractivity contribution in [3.05, 3.63) is 10.4 Å². The van der Waals surface area contributed by atoms with E-state index in [1.165, 1.54) is 0 Å². The molecule has 1 rings (SSSR count). The number of alkyl halides is 4. The largest absolute Gasteiger partial charge is 0.396 e. The zero-order chi connectivity index (χ0) is 13.9. The highest BCUT2D eigenvalue weighted by atomic mass is 32.1. The van der Waals surface area contributed by atoms with Gasteiger partial charge in [0, 0.05) is 0 Å². The van der Waals surface area contributed by atoms with E-state index in [2.05, 4.69) is 0 Å². The molecule has 4 nitrogen and oxygen atoms in total. The van der Waals surface area contributed by atoms with E-state index >= 15 is 0 Å². The summed E-state index contributed by atoms with van der Waals surface area (Å²) in [5, 5.41) is 19.3. The molecule has 1 aromatic heterocycles. The summed E-state index contributed by atoms with van der Waals surface area (Å²) >= 11 is 0.665. The lowest BCUT2D eigenvalue weighted by Gasteiger charge is -2.15. The SMILES string of the molecule is N#Cc1sc(NCC(F)(F)C(F)F)c(C#N)c1N. The maximum Gasteiger partial charge on any atom is 0.324 e. The Bertz CT molecular complexity index is 526. The first-order valence-electron chi connectivity index (χ1n) is 4.45. The third-order valence-corrected chi connectivity index (χ3v) is 3.03. The van der Waals surface area contributed by atoms with Gasteiger partial charge in [0.2, 0.25) is 0 Å². The molecule has 0 aliphatic heterocycles. The van der Waals surface area contributed by atoms with E-state index < -0.39 is 18.9 Å². The van der Waals surface area contributed by atoms with Crippen molar-refractivity contribution >= 4 is 22.0 Å². The first-order valence-corrected chi connectivity index (χ1v) is 5.27. The minimum atomic E-state index is -4.22. The molecule has 9 heteroatoms. The third-order valence-electron chi connectivity index (χ3n) is 1.96. The van der Waals surface area contributed by atoms with E-state index in [0.717, 1.165) is 0 Å². The molecule has 0 fully saturated rings. The predicted molar refractivity (Wildman–Crippen MR) is 57.6 cm³/mol. The lowest BCUT2D eigenvalue weighted by molar-refractivity contribution is -0.117. The first kappa shape index (κ1) is 14.1. The van der Waals surface area contributed by atoms with Crippen molar-refractivity contribution in [2.45, 2.75) is 12.3 Å². The second-order valence-electron chi connectivity index (χ2n) is 3.19. The minimum absolute atomic E-state index is 0.0330. The van der Waals surface area contributed by atoms with Gasteiger partial charge in [-0.25, -0.2) is 8.78 Å². The summed E-state index contributed by atoms with van der Waals surface area (Å²) in [6.45, 7) is -1.34. The van der Waals surface area contributed by atoms with Crippen LogP contribution in [0.3, 0.4) is 0 Å². The number of hydrogen-bond donors (Lipinski definition) is 2. The molecule has 0 saturated heterocycles. The van der Waals surface area contributed by atoms with E-state index in [0.29, 0.717) is 11.3 Å². The molecule has 0 aliphatic rings. The highest BCUT2D eigenvalue weighted by molar-refractivity contribution is 7.17. The normalized spacial score (nSPS) is 11.1. The van der Waals surface area contributed by atoms with Crippen LogP contribution < -0.4 is 11.1 Å². The summed E-state index contributed by atoms with van der Waals surface area (Å²) in [7, 11) is 0. The van der Waals surface area contributed by atoms with E-state index in [-0.39, 0.29) is 21.1 Å². The van der Waals surface area contributed by atoms with Gasteiger partial charge in [0.1, 0.15) is 27.6 Å². The molecule has 0 bridgehead atoms. The standard InChI is InChI=1S/C9H6F4N4S/c10-8(11)9(12,13)3-17-7-4(1-14)6(16)5(2-15)18-7/h8,17H,3,16H2. The Morgan fingerprint density at radius 2 is 1.94 bits per heavy atom. The Hall–Kier alpha value is -2.00. The van der Waals surface area contributed by atoms with Gasteiger partial charge in [0.15, 0.2) is 0 Å². The van der Waals surface area contributed by atoms with Crippen LogP contribution in [-0.2, 0) is 0 Å². The molecule has 0 aliphatic carbocycles. The number of anilines is 2. The number of nitrogens with zero attached hydrogens (tertiary/aromatic N) is 2. The summed E-state index contributed by atoms with van der Waals surface area (Å²) in [6, 6.07) is 3.30. The van der Waals surface area contributed by atoms with Crippen molar-refractivity contribution in [1.82, 2.24) is 0 Å². The Morgan fingerprint density at radius 1 is 1.33 bits per heavy atom. The van der Waals surface area contributed by atoms with Crippen molar-refractivity contribution in [3.63, 3.8) is 0 Å². The summed E-state index contributed by atoms with van der Waals surface area (Å²) in [4.78, 5) is -0.0330. The van der Waals surface area contributed by atoms with Crippen molar-refractivity contribution in [2.75, 3.05) is 17.6 Å². The second kappa shape index (κ2) is 5.10. The fraction of sp³-hybridized carbons (Fsp3) is 0.333. The number of nitrogens with one attached hydrogen (secondary N) is 1.